The molecule has 4 heteroatoms. The lowest BCUT2D eigenvalue weighted by molar-refractivity contribution is 0.300. The number of nitriles is 1. The van der Waals surface area contributed by atoms with Gasteiger partial charge >= 0.3 is 0 Å². The summed E-state index contributed by atoms with van der Waals surface area (Å²) in [6, 6.07) is 8.91. The number of rotatable bonds is 6. The molecule has 3 nitrogen and oxygen atoms in total. The van der Waals surface area contributed by atoms with Crippen molar-refractivity contribution < 1.29 is 5.11 Å². The lowest BCUT2D eigenvalue weighted by Crippen LogP contribution is -2.15. The van der Waals surface area contributed by atoms with E-state index in [0.717, 1.165) is 17.0 Å². The van der Waals surface area contributed by atoms with Crippen LogP contribution in [0.5, 0.6) is 0 Å². The first kappa shape index (κ1) is 13.4. The third-order valence-corrected chi connectivity index (χ3v) is 4.08. The molecule has 0 saturated heterocycles. The van der Waals surface area contributed by atoms with E-state index >= 15 is 0 Å². The first-order chi connectivity index (χ1) is 8.72. The highest BCUT2D eigenvalue weighted by molar-refractivity contribution is 8.00. The summed E-state index contributed by atoms with van der Waals surface area (Å²) in [5, 5.41) is 21.8. The van der Waals surface area contributed by atoms with E-state index in [1.807, 2.05) is 19.1 Å². The number of hydrogen-bond donors (Lipinski definition) is 2. The average Bonchev–Trinajstić information content (AvgIpc) is 3.21. The Hall–Kier alpha value is -1.02. The topological polar surface area (TPSA) is 56.0 Å². The van der Waals surface area contributed by atoms with Gasteiger partial charge in [0.15, 0.2) is 0 Å². The summed E-state index contributed by atoms with van der Waals surface area (Å²) in [4.78, 5) is 0.953. The minimum absolute atomic E-state index is 0.118. The predicted molar refractivity (Wildman–Crippen MR) is 73.4 cm³/mol. The van der Waals surface area contributed by atoms with Crippen LogP contribution in [0.15, 0.2) is 23.1 Å². The van der Waals surface area contributed by atoms with Crippen molar-refractivity contribution in [1.29, 1.82) is 5.26 Å². The zero-order valence-electron chi connectivity index (χ0n) is 10.5. The normalized spacial score (nSPS) is 16.3. The van der Waals surface area contributed by atoms with E-state index in [1.165, 1.54) is 12.8 Å². The first-order valence-electron chi connectivity index (χ1n) is 6.27. The van der Waals surface area contributed by atoms with Crippen LogP contribution in [0.4, 0.5) is 0 Å². The molecule has 0 amide bonds. The number of nitrogens with zero attached hydrogens (tertiary/aromatic N) is 1. The molecule has 1 atom stereocenters. The summed E-state index contributed by atoms with van der Waals surface area (Å²) in [5.41, 5.74) is 1.86. The van der Waals surface area contributed by atoms with Gasteiger partial charge in [-0.25, -0.2) is 0 Å². The second-order valence-electron chi connectivity index (χ2n) is 4.71. The molecule has 0 aliphatic heterocycles. The highest BCUT2D eigenvalue weighted by atomic mass is 32.2. The van der Waals surface area contributed by atoms with Crippen molar-refractivity contribution in [2.75, 3.05) is 6.61 Å². The van der Waals surface area contributed by atoms with E-state index in [1.54, 1.807) is 11.8 Å². The van der Waals surface area contributed by atoms with Gasteiger partial charge in [-0.05, 0) is 30.5 Å². The summed E-state index contributed by atoms with van der Waals surface area (Å²) in [5.74, 6) is 0. The summed E-state index contributed by atoms with van der Waals surface area (Å²) in [6.45, 7) is 2.91. The van der Waals surface area contributed by atoms with Crippen molar-refractivity contribution in [3.05, 3.63) is 29.3 Å². The molecule has 1 aromatic rings. The largest absolute Gasteiger partial charge is 0.395 e. The summed E-state index contributed by atoms with van der Waals surface area (Å²) in [7, 11) is 0. The van der Waals surface area contributed by atoms with Crippen molar-refractivity contribution in [2.45, 2.75) is 42.5 Å². The molecule has 0 bridgehead atoms. The van der Waals surface area contributed by atoms with Crippen molar-refractivity contribution in [3.63, 3.8) is 0 Å². The van der Waals surface area contributed by atoms with Crippen molar-refractivity contribution in [3.8, 4) is 6.07 Å². The Labute approximate surface area is 112 Å². The molecule has 2 N–H and O–H groups in total. The Morgan fingerprint density at radius 2 is 2.33 bits per heavy atom. The number of aliphatic hydroxyl groups excluding tert-OH is 1. The number of thioether (sulfide) groups is 1. The Balaban J connectivity index is 2.04. The fourth-order valence-corrected chi connectivity index (χ4v) is 2.57. The van der Waals surface area contributed by atoms with Crippen LogP contribution in [0.2, 0.25) is 0 Å². The molecule has 96 valence electrons. The van der Waals surface area contributed by atoms with Crippen LogP contribution >= 0.6 is 11.8 Å². The Morgan fingerprint density at radius 3 is 2.94 bits per heavy atom. The highest BCUT2D eigenvalue weighted by Crippen LogP contribution is 2.27. The molecule has 0 aromatic heterocycles. The minimum atomic E-state index is 0.118. The number of nitrogens with one attached hydrogen (secondary N) is 1. The van der Waals surface area contributed by atoms with Crippen LogP contribution in [0.1, 0.15) is 30.9 Å². The van der Waals surface area contributed by atoms with Gasteiger partial charge < -0.3 is 10.4 Å². The molecule has 2 rings (SSSR count). The lowest BCUT2D eigenvalue weighted by atomic mass is 10.1. The van der Waals surface area contributed by atoms with E-state index in [0.29, 0.717) is 11.6 Å². The fourth-order valence-electron chi connectivity index (χ4n) is 1.68. The van der Waals surface area contributed by atoms with Crippen molar-refractivity contribution in [1.82, 2.24) is 5.32 Å². The molecule has 1 aromatic carbocycles. The third-order valence-electron chi connectivity index (χ3n) is 2.92. The van der Waals surface area contributed by atoms with Crippen LogP contribution in [-0.2, 0) is 6.54 Å². The van der Waals surface area contributed by atoms with E-state index in [-0.39, 0.29) is 11.9 Å². The molecule has 0 spiro atoms. The Bertz CT molecular complexity index is 452. The number of benzene rings is 1. The van der Waals surface area contributed by atoms with E-state index in [9.17, 15) is 5.26 Å². The summed E-state index contributed by atoms with van der Waals surface area (Å²) in [6.07, 6.45) is 2.54. The quantitative estimate of drug-likeness (QED) is 0.772. The zero-order valence-corrected chi connectivity index (χ0v) is 11.3. The standard InChI is InChI=1S/C14H18N2OS/c1-10(9-17)18-14-5-2-11(6-12(14)7-15)8-16-13-3-4-13/h2,5-6,10,13,16-17H,3-4,8-9H2,1H3. The molecular formula is C14H18N2OS. The molecule has 0 heterocycles. The number of hydrogen-bond acceptors (Lipinski definition) is 4. The molecule has 18 heavy (non-hydrogen) atoms. The number of aliphatic hydroxyl groups is 1. The van der Waals surface area contributed by atoms with Gasteiger partial charge in [-0.2, -0.15) is 5.26 Å². The molecule has 1 aliphatic rings. The maximum Gasteiger partial charge on any atom is 0.100 e. The van der Waals surface area contributed by atoms with Crippen LogP contribution in [0.3, 0.4) is 0 Å². The predicted octanol–water partition coefficient (Wildman–Crippen LogP) is 2.28. The minimum Gasteiger partial charge on any atom is -0.395 e. The summed E-state index contributed by atoms with van der Waals surface area (Å²) < 4.78 is 0. The molecule has 1 unspecified atom stereocenters. The summed E-state index contributed by atoms with van der Waals surface area (Å²) >= 11 is 1.55. The van der Waals surface area contributed by atoms with Gasteiger partial charge in [0.1, 0.15) is 6.07 Å². The van der Waals surface area contributed by atoms with E-state index < -0.39 is 0 Å². The molecular weight excluding hydrogens is 244 g/mol. The highest BCUT2D eigenvalue weighted by Gasteiger charge is 2.20. The maximum atomic E-state index is 9.17. The van der Waals surface area contributed by atoms with Crippen LogP contribution in [0.25, 0.3) is 0 Å². The fraction of sp³-hybridized carbons (Fsp3) is 0.500. The first-order valence-corrected chi connectivity index (χ1v) is 7.15. The van der Waals surface area contributed by atoms with Gasteiger partial charge in [0.25, 0.3) is 0 Å². The molecule has 1 aliphatic carbocycles. The van der Waals surface area contributed by atoms with Gasteiger partial charge in [0, 0.05) is 22.7 Å². The van der Waals surface area contributed by atoms with Gasteiger partial charge in [-0.15, -0.1) is 11.8 Å². The van der Waals surface area contributed by atoms with Gasteiger partial charge in [-0.3, -0.25) is 0 Å². The van der Waals surface area contributed by atoms with Crippen molar-refractivity contribution >= 4 is 11.8 Å². The van der Waals surface area contributed by atoms with Gasteiger partial charge in [0.05, 0.1) is 12.2 Å². The Morgan fingerprint density at radius 1 is 1.56 bits per heavy atom. The van der Waals surface area contributed by atoms with Gasteiger partial charge in [-0.1, -0.05) is 13.0 Å². The van der Waals surface area contributed by atoms with Crippen LogP contribution in [0, 0.1) is 11.3 Å². The second-order valence-corrected chi connectivity index (χ2v) is 6.19. The molecule has 1 saturated carbocycles. The molecule has 0 radical (unpaired) electrons. The monoisotopic (exact) mass is 262 g/mol. The average molecular weight is 262 g/mol. The Kier molecular flexibility index (Phi) is 4.65. The van der Waals surface area contributed by atoms with Gasteiger partial charge in [0.2, 0.25) is 0 Å². The van der Waals surface area contributed by atoms with Crippen molar-refractivity contribution in [2.24, 2.45) is 0 Å². The second kappa shape index (κ2) is 6.24. The smallest absolute Gasteiger partial charge is 0.100 e. The lowest BCUT2D eigenvalue weighted by Gasteiger charge is -2.10. The third kappa shape index (κ3) is 3.74. The zero-order chi connectivity index (χ0) is 13.0. The molecule has 1 fully saturated rings. The SMILES string of the molecule is CC(CO)Sc1ccc(CNC2CC2)cc1C#N. The van der Waals surface area contributed by atoms with Crippen LogP contribution in [-0.4, -0.2) is 23.0 Å². The van der Waals surface area contributed by atoms with Crippen LogP contribution < -0.4 is 5.32 Å². The maximum absolute atomic E-state index is 9.17. The van der Waals surface area contributed by atoms with E-state index in [4.69, 9.17) is 5.11 Å². The van der Waals surface area contributed by atoms with E-state index in [2.05, 4.69) is 17.5 Å².